The molecule has 2 heterocycles. The number of aryl methyl sites for hydroxylation is 1. The number of aromatic nitrogens is 4. The maximum atomic E-state index is 5.37. The quantitative estimate of drug-likeness (QED) is 0.313. The van der Waals surface area contributed by atoms with Crippen molar-refractivity contribution in [1.29, 1.82) is 0 Å². The Morgan fingerprint density at radius 2 is 2.16 bits per heavy atom. The largest absolute Gasteiger partial charge is 0.369 e. The summed E-state index contributed by atoms with van der Waals surface area (Å²) in [5.41, 5.74) is 3.58. The second kappa shape index (κ2) is 6.39. The van der Waals surface area contributed by atoms with Crippen molar-refractivity contribution in [2.24, 2.45) is 12.9 Å². The third-order valence-electron chi connectivity index (χ3n) is 2.49. The van der Waals surface area contributed by atoms with Gasteiger partial charge in [-0.3, -0.25) is 4.68 Å². The molecule has 0 unspecified atom stereocenters. The molecule has 2 aromatic rings. The van der Waals surface area contributed by atoms with E-state index in [0.29, 0.717) is 11.0 Å². The van der Waals surface area contributed by atoms with Crippen LogP contribution in [0, 0.1) is 0 Å². The van der Waals surface area contributed by atoms with Crippen LogP contribution in [0.3, 0.4) is 0 Å². The molecule has 0 amide bonds. The zero-order valence-electron chi connectivity index (χ0n) is 10.9. The topological polar surface area (TPSA) is 93.7 Å². The number of rotatable bonds is 6. The van der Waals surface area contributed by atoms with Gasteiger partial charge in [0, 0.05) is 32.3 Å². The molecule has 0 aliphatic heterocycles. The van der Waals surface area contributed by atoms with Crippen LogP contribution in [0.4, 0.5) is 11.6 Å². The van der Waals surface area contributed by atoms with E-state index in [1.807, 2.05) is 25.6 Å². The molecule has 2 aromatic heterocycles. The van der Waals surface area contributed by atoms with Crippen molar-refractivity contribution in [3.05, 3.63) is 24.0 Å². The summed E-state index contributed by atoms with van der Waals surface area (Å²) in [6.45, 7) is 0.756. The Bertz CT molecular complexity index is 517. The maximum Gasteiger partial charge on any atom is 0.191 e. The molecular formula is C11H17N7S. The summed E-state index contributed by atoms with van der Waals surface area (Å²) in [6, 6.07) is 3.78. The highest BCUT2D eigenvalue weighted by Crippen LogP contribution is 2.16. The summed E-state index contributed by atoms with van der Waals surface area (Å²) in [4.78, 5) is 8.56. The third-order valence-corrected chi connectivity index (χ3v) is 3.04. The molecule has 0 fully saturated rings. The number of nitrogen functional groups attached to an aromatic ring is 1. The summed E-state index contributed by atoms with van der Waals surface area (Å²) in [7, 11) is 1.91. The van der Waals surface area contributed by atoms with Gasteiger partial charge in [0.1, 0.15) is 11.6 Å². The van der Waals surface area contributed by atoms with Gasteiger partial charge in [-0.15, -0.1) is 0 Å². The molecule has 0 spiro atoms. The third kappa shape index (κ3) is 3.83. The first-order valence-corrected chi connectivity index (χ1v) is 7.06. The Hall–Kier alpha value is -1.80. The van der Waals surface area contributed by atoms with Crippen molar-refractivity contribution in [2.75, 3.05) is 23.5 Å². The number of hydrazine groups is 1. The average Bonchev–Trinajstić information content (AvgIpc) is 2.84. The fourth-order valence-corrected chi connectivity index (χ4v) is 1.98. The van der Waals surface area contributed by atoms with Gasteiger partial charge in [-0.25, -0.2) is 15.8 Å². The normalized spacial score (nSPS) is 10.5. The van der Waals surface area contributed by atoms with Crippen LogP contribution in [-0.2, 0) is 13.5 Å². The van der Waals surface area contributed by atoms with Crippen LogP contribution in [0.5, 0.6) is 0 Å². The van der Waals surface area contributed by atoms with Gasteiger partial charge >= 0.3 is 0 Å². The van der Waals surface area contributed by atoms with Crippen molar-refractivity contribution in [1.82, 2.24) is 19.7 Å². The number of nitrogens with zero attached hydrogens (tertiary/aromatic N) is 4. The molecule has 0 aliphatic carbocycles. The minimum atomic E-state index is 0.597. The highest BCUT2D eigenvalue weighted by molar-refractivity contribution is 7.98. The van der Waals surface area contributed by atoms with Gasteiger partial charge < -0.3 is 10.7 Å². The Morgan fingerprint density at radius 1 is 1.37 bits per heavy atom. The van der Waals surface area contributed by atoms with Crippen LogP contribution in [0.25, 0.3) is 0 Å². The van der Waals surface area contributed by atoms with E-state index in [-0.39, 0.29) is 0 Å². The number of anilines is 2. The van der Waals surface area contributed by atoms with Gasteiger partial charge in [-0.05, 0) is 12.3 Å². The highest BCUT2D eigenvalue weighted by Gasteiger charge is 2.03. The van der Waals surface area contributed by atoms with E-state index < -0.39 is 0 Å². The molecule has 0 aliphatic rings. The van der Waals surface area contributed by atoms with Crippen LogP contribution < -0.4 is 16.6 Å². The fourth-order valence-electron chi connectivity index (χ4n) is 1.60. The lowest BCUT2D eigenvalue weighted by Crippen LogP contribution is -2.12. The van der Waals surface area contributed by atoms with Gasteiger partial charge in [-0.1, -0.05) is 11.8 Å². The van der Waals surface area contributed by atoms with Gasteiger partial charge in [0.2, 0.25) is 0 Å². The van der Waals surface area contributed by atoms with E-state index in [2.05, 4.69) is 25.8 Å². The maximum absolute atomic E-state index is 5.37. The van der Waals surface area contributed by atoms with Crippen molar-refractivity contribution >= 4 is 23.4 Å². The molecule has 19 heavy (non-hydrogen) atoms. The number of nitrogens with two attached hydrogens (primary N) is 1. The van der Waals surface area contributed by atoms with E-state index in [1.54, 1.807) is 10.7 Å². The summed E-state index contributed by atoms with van der Waals surface area (Å²) in [6.07, 6.45) is 4.69. The first-order chi connectivity index (χ1) is 9.21. The number of hydrogen-bond donors (Lipinski definition) is 3. The van der Waals surface area contributed by atoms with Gasteiger partial charge in [0.25, 0.3) is 0 Å². The molecule has 7 nitrogen and oxygen atoms in total. The van der Waals surface area contributed by atoms with Crippen molar-refractivity contribution in [3.63, 3.8) is 0 Å². The number of thioether (sulfide) groups is 1. The first kappa shape index (κ1) is 13.6. The molecule has 0 bridgehead atoms. The summed E-state index contributed by atoms with van der Waals surface area (Å²) in [5, 5.41) is 8.24. The SMILES string of the molecule is CSc1nc(NN)cc(NCCc2ccn(C)n2)n1. The average molecular weight is 279 g/mol. The van der Waals surface area contributed by atoms with Gasteiger partial charge in [0.05, 0.1) is 5.69 Å². The molecule has 0 radical (unpaired) electrons. The molecule has 0 saturated heterocycles. The van der Waals surface area contributed by atoms with E-state index in [0.717, 1.165) is 24.5 Å². The van der Waals surface area contributed by atoms with Crippen LogP contribution >= 0.6 is 11.8 Å². The molecular weight excluding hydrogens is 262 g/mol. The van der Waals surface area contributed by atoms with Crippen molar-refractivity contribution in [3.8, 4) is 0 Å². The Balaban J connectivity index is 1.95. The smallest absolute Gasteiger partial charge is 0.191 e. The minimum Gasteiger partial charge on any atom is -0.369 e. The van der Waals surface area contributed by atoms with Crippen molar-refractivity contribution < 1.29 is 0 Å². The first-order valence-electron chi connectivity index (χ1n) is 5.83. The zero-order chi connectivity index (χ0) is 13.7. The van der Waals surface area contributed by atoms with Crippen molar-refractivity contribution in [2.45, 2.75) is 11.6 Å². The van der Waals surface area contributed by atoms with Crippen LogP contribution in [-0.4, -0.2) is 32.5 Å². The monoisotopic (exact) mass is 279 g/mol. The predicted octanol–water partition coefficient (Wildman–Crippen LogP) is 0.872. The Morgan fingerprint density at radius 3 is 2.79 bits per heavy atom. The minimum absolute atomic E-state index is 0.597. The number of hydrogen-bond acceptors (Lipinski definition) is 7. The Labute approximate surface area is 116 Å². The van der Waals surface area contributed by atoms with E-state index in [4.69, 9.17) is 5.84 Å². The van der Waals surface area contributed by atoms with Crippen LogP contribution in [0.15, 0.2) is 23.5 Å². The molecule has 0 aromatic carbocycles. The van der Waals surface area contributed by atoms with E-state index >= 15 is 0 Å². The van der Waals surface area contributed by atoms with E-state index in [1.165, 1.54) is 11.8 Å². The second-order valence-electron chi connectivity index (χ2n) is 3.93. The fraction of sp³-hybridized carbons (Fsp3) is 0.364. The predicted molar refractivity (Wildman–Crippen MR) is 77.0 cm³/mol. The lowest BCUT2D eigenvalue weighted by molar-refractivity contribution is 0.741. The zero-order valence-corrected chi connectivity index (χ0v) is 11.7. The lowest BCUT2D eigenvalue weighted by atomic mass is 10.3. The lowest BCUT2D eigenvalue weighted by Gasteiger charge is -2.08. The number of nitrogens with one attached hydrogen (secondary N) is 2. The molecule has 0 saturated carbocycles. The molecule has 4 N–H and O–H groups in total. The second-order valence-corrected chi connectivity index (χ2v) is 4.70. The van der Waals surface area contributed by atoms with Gasteiger partial charge in [-0.2, -0.15) is 5.10 Å². The summed E-state index contributed by atoms with van der Waals surface area (Å²) < 4.78 is 1.79. The molecule has 8 heteroatoms. The standard InChI is InChI=1S/C11H17N7S/c1-18-6-4-8(17-18)3-5-13-9-7-10(16-12)15-11(14-9)19-2/h4,6-7H,3,5,12H2,1-2H3,(H2,13,14,15,16). The molecule has 102 valence electrons. The van der Waals surface area contributed by atoms with Crippen LogP contribution in [0.1, 0.15) is 5.69 Å². The highest BCUT2D eigenvalue weighted by atomic mass is 32.2. The Kier molecular flexibility index (Phi) is 4.58. The molecule has 0 atom stereocenters. The van der Waals surface area contributed by atoms with Crippen LogP contribution in [0.2, 0.25) is 0 Å². The van der Waals surface area contributed by atoms with E-state index in [9.17, 15) is 0 Å². The summed E-state index contributed by atoms with van der Waals surface area (Å²) >= 11 is 1.47. The van der Waals surface area contributed by atoms with Gasteiger partial charge in [0.15, 0.2) is 5.16 Å². The summed E-state index contributed by atoms with van der Waals surface area (Å²) in [5.74, 6) is 6.72. The molecule has 2 rings (SSSR count).